The van der Waals surface area contributed by atoms with E-state index < -0.39 is 11.9 Å². The number of carbonyl (C=O) groups is 3. The molecular weight excluding hydrogens is 452 g/mol. The number of carbonyl (C=O) groups excluding carboxylic acids is 3. The van der Waals surface area contributed by atoms with Gasteiger partial charge in [0.15, 0.2) is 0 Å². The van der Waals surface area contributed by atoms with Gasteiger partial charge >= 0.3 is 11.9 Å². The SMILES string of the molecule is COC(=O)CCC(=O)O[C@H](C)C[C@H]1CC[C@@H]([C@H](C)Cn2cc(-c3cccc(NC(C)=O)c3)nn2)O1. The molecule has 0 saturated carbocycles. The summed E-state index contributed by atoms with van der Waals surface area (Å²) < 4.78 is 18.0. The normalized spacial score (nSPS) is 19.1. The van der Waals surface area contributed by atoms with Gasteiger partial charge in [-0.05, 0) is 31.9 Å². The first-order chi connectivity index (χ1) is 16.7. The largest absolute Gasteiger partial charge is 0.469 e. The lowest BCUT2D eigenvalue weighted by molar-refractivity contribution is -0.153. The van der Waals surface area contributed by atoms with Crippen LogP contribution in [0.25, 0.3) is 11.3 Å². The molecule has 3 rings (SSSR count). The van der Waals surface area contributed by atoms with Crippen molar-refractivity contribution in [3.8, 4) is 11.3 Å². The number of amides is 1. The molecular formula is C25H34N4O6. The molecule has 1 fully saturated rings. The molecule has 4 atom stereocenters. The van der Waals surface area contributed by atoms with E-state index in [1.54, 1.807) is 0 Å². The van der Waals surface area contributed by atoms with Crippen molar-refractivity contribution in [3.05, 3.63) is 30.5 Å². The second-order valence-corrected chi connectivity index (χ2v) is 9.05. The molecule has 1 saturated heterocycles. The number of esters is 2. The van der Waals surface area contributed by atoms with E-state index in [0.29, 0.717) is 18.7 Å². The van der Waals surface area contributed by atoms with Crippen LogP contribution in [0.1, 0.15) is 52.9 Å². The molecule has 1 N–H and O–H groups in total. The highest BCUT2D eigenvalue weighted by Crippen LogP contribution is 2.29. The van der Waals surface area contributed by atoms with Crippen LogP contribution in [0.4, 0.5) is 5.69 Å². The van der Waals surface area contributed by atoms with Crippen molar-refractivity contribution in [2.75, 3.05) is 12.4 Å². The molecule has 10 heteroatoms. The number of rotatable bonds is 11. The highest BCUT2D eigenvalue weighted by atomic mass is 16.5. The highest BCUT2D eigenvalue weighted by molar-refractivity contribution is 5.89. The number of nitrogens with zero attached hydrogens (tertiary/aromatic N) is 3. The third-order valence-electron chi connectivity index (χ3n) is 5.96. The van der Waals surface area contributed by atoms with Crippen LogP contribution in [0.5, 0.6) is 0 Å². The predicted octanol–water partition coefficient (Wildman–Crippen LogP) is 3.36. The fourth-order valence-electron chi connectivity index (χ4n) is 4.23. The summed E-state index contributed by atoms with van der Waals surface area (Å²) in [5, 5.41) is 11.3. The zero-order chi connectivity index (χ0) is 25.4. The van der Waals surface area contributed by atoms with E-state index in [2.05, 4.69) is 27.3 Å². The van der Waals surface area contributed by atoms with Gasteiger partial charge in [0.2, 0.25) is 5.91 Å². The molecule has 1 aliphatic rings. The molecule has 1 aromatic carbocycles. The van der Waals surface area contributed by atoms with Crippen LogP contribution in [0.3, 0.4) is 0 Å². The Labute approximate surface area is 205 Å². The lowest BCUT2D eigenvalue weighted by Crippen LogP contribution is -2.26. The molecule has 35 heavy (non-hydrogen) atoms. The van der Waals surface area contributed by atoms with E-state index in [1.807, 2.05) is 42.1 Å². The molecule has 1 amide bonds. The molecule has 0 bridgehead atoms. The van der Waals surface area contributed by atoms with E-state index in [-0.39, 0.29) is 43.0 Å². The van der Waals surface area contributed by atoms with E-state index in [0.717, 1.165) is 24.1 Å². The Hall–Kier alpha value is -3.27. The third kappa shape index (κ3) is 8.17. The van der Waals surface area contributed by atoms with Gasteiger partial charge in [-0.15, -0.1) is 5.10 Å². The fourth-order valence-corrected chi connectivity index (χ4v) is 4.23. The van der Waals surface area contributed by atoms with Crippen molar-refractivity contribution < 1.29 is 28.6 Å². The van der Waals surface area contributed by atoms with E-state index >= 15 is 0 Å². The Morgan fingerprint density at radius 2 is 1.97 bits per heavy atom. The standard InChI is InChI=1S/C25H34N4O6/c1-16(14-29-15-22(27-28-29)19-6-5-7-20(13-19)26-18(3)30)23-9-8-21(35-23)12-17(2)34-25(32)11-10-24(31)33-4/h5-7,13,15-17,21,23H,8-12,14H2,1-4H3,(H,26,30)/t16-,17-,21-,23+/m1/s1. The number of aromatic nitrogens is 3. The Kier molecular flexibility index (Phi) is 9.36. The first-order valence-corrected chi connectivity index (χ1v) is 11.9. The number of ether oxygens (including phenoxy) is 3. The number of nitrogens with one attached hydrogen (secondary N) is 1. The van der Waals surface area contributed by atoms with Crippen molar-refractivity contribution in [2.45, 2.75) is 77.7 Å². The average molecular weight is 487 g/mol. The highest BCUT2D eigenvalue weighted by Gasteiger charge is 2.31. The van der Waals surface area contributed by atoms with Gasteiger partial charge < -0.3 is 19.5 Å². The summed E-state index contributed by atoms with van der Waals surface area (Å²) >= 11 is 0. The van der Waals surface area contributed by atoms with Crippen LogP contribution in [0.15, 0.2) is 30.5 Å². The van der Waals surface area contributed by atoms with Crippen molar-refractivity contribution in [1.29, 1.82) is 0 Å². The molecule has 0 unspecified atom stereocenters. The topological polar surface area (TPSA) is 122 Å². The first-order valence-electron chi connectivity index (χ1n) is 11.9. The minimum atomic E-state index is -0.427. The van der Waals surface area contributed by atoms with Crippen molar-refractivity contribution in [2.24, 2.45) is 5.92 Å². The summed E-state index contributed by atoms with van der Waals surface area (Å²) in [5.41, 5.74) is 2.33. The number of methoxy groups -OCH3 is 1. The minimum Gasteiger partial charge on any atom is -0.469 e. The quantitative estimate of drug-likeness (QED) is 0.480. The summed E-state index contributed by atoms with van der Waals surface area (Å²) in [6.45, 7) is 6.10. The molecule has 2 aromatic rings. The van der Waals surface area contributed by atoms with Gasteiger partial charge in [-0.25, -0.2) is 0 Å². The molecule has 0 radical (unpaired) electrons. The number of anilines is 1. The second-order valence-electron chi connectivity index (χ2n) is 9.05. The minimum absolute atomic E-state index is 0.0135. The van der Waals surface area contributed by atoms with Crippen LogP contribution >= 0.6 is 0 Å². The van der Waals surface area contributed by atoms with E-state index in [1.165, 1.54) is 14.0 Å². The lowest BCUT2D eigenvalue weighted by atomic mass is 10.0. The summed E-state index contributed by atoms with van der Waals surface area (Å²) in [6, 6.07) is 7.49. The lowest BCUT2D eigenvalue weighted by Gasteiger charge is -2.21. The Bertz CT molecular complexity index is 1020. The summed E-state index contributed by atoms with van der Waals surface area (Å²) in [7, 11) is 1.29. The smallest absolute Gasteiger partial charge is 0.306 e. The van der Waals surface area contributed by atoms with Crippen LogP contribution < -0.4 is 5.32 Å². The third-order valence-corrected chi connectivity index (χ3v) is 5.96. The first kappa shape index (κ1) is 26.3. The van der Waals surface area contributed by atoms with Crippen LogP contribution in [0, 0.1) is 5.92 Å². The molecule has 1 aliphatic heterocycles. The van der Waals surface area contributed by atoms with E-state index in [4.69, 9.17) is 9.47 Å². The van der Waals surface area contributed by atoms with Crippen LogP contribution in [-0.2, 0) is 35.1 Å². The number of benzene rings is 1. The maximum atomic E-state index is 11.9. The van der Waals surface area contributed by atoms with Crippen LogP contribution in [0.2, 0.25) is 0 Å². The number of hydrogen-bond acceptors (Lipinski definition) is 8. The van der Waals surface area contributed by atoms with Gasteiger partial charge in [0.1, 0.15) is 11.8 Å². The maximum Gasteiger partial charge on any atom is 0.306 e. The van der Waals surface area contributed by atoms with Crippen molar-refractivity contribution >= 4 is 23.5 Å². The zero-order valence-corrected chi connectivity index (χ0v) is 20.7. The average Bonchev–Trinajstić information content (AvgIpc) is 3.47. The van der Waals surface area contributed by atoms with Gasteiger partial charge in [0.25, 0.3) is 0 Å². The Balaban J connectivity index is 1.46. The zero-order valence-electron chi connectivity index (χ0n) is 20.7. The van der Waals surface area contributed by atoms with Gasteiger partial charge in [-0.2, -0.15) is 0 Å². The van der Waals surface area contributed by atoms with Gasteiger partial charge in [0.05, 0.1) is 38.4 Å². The number of hydrogen-bond donors (Lipinski definition) is 1. The molecule has 0 aliphatic carbocycles. The Morgan fingerprint density at radius 3 is 2.71 bits per heavy atom. The molecule has 0 spiro atoms. The van der Waals surface area contributed by atoms with Crippen molar-refractivity contribution in [1.82, 2.24) is 15.0 Å². The predicted molar refractivity (Wildman–Crippen MR) is 128 cm³/mol. The maximum absolute atomic E-state index is 11.9. The molecule has 10 nitrogen and oxygen atoms in total. The fraction of sp³-hybridized carbons (Fsp3) is 0.560. The van der Waals surface area contributed by atoms with Crippen LogP contribution in [-0.4, -0.2) is 58.3 Å². The summed E-state index contributed by atoms with van der Waals surface area (Å²) in [6.07, 6.45) is 4.19. The summed E-state index contributed by atoms with van der Waals surface area (Å²) in [4.78, 5) is 34.4. The Morgan fingerprint density at radius 1 is 1.20 bits per heavy atom. The van der Waals surface area contributed by atoms with Gasteiger partial charge in [-0.1, -0.05) is 24.3 Å². The summed E-state index contributed by atoms with van der Waals surface area (Å²) in [5.74, 6) is -0.738. The van der Waals surface area contributed by atoms with E-state index in [9.17, 15) is 14.4 Å². The molecule has 2 heterocycles. The molecule has 190 valence electrons. The monoisotopic (exact) mass is 486 g/mol. The second kappa shape index (κ2) is 12.4. The van der Waals surface area contributed by atoms with Crippen molar-refractivity contribution in [3.63, 3.8) is 0 Å². The van der Waals surface area contributed by atoms with Gasteiger partial charge in [0, 0.05) is 37.1 Å². The van der Waals surface area contributed by atoms with Gasteiger partial charge in [-0.3, -0.25) is 19.1 Å². The molecule has 1 aromatic heterocycles.